The molecule has 24 heteroatoms. The van der Waals surface area contributed by atoms with Crippen molar-refractivity contribution in [2.45, 2.75) is 229 Å². The fourth-order valence-electron chi connectivity index (χ4n) is 11.2. The summed E-state index contributed by atoms with van der Waals surface area (Å²) >= 11 is 1.31. The van der Waals surface area contributed by atoms with Gasteiger partial charge in [0.25, 0.3) is 0 Å². The summed E-state index contributed by atoms with van der Waals surface area (Å²) in [5, 5.41) is 23.4. The summed E-state index contributed by atoms with van der Waals surface area (Å²) in [7, 11) is 10.0. The number of aliphatic hydroxyl groups excluding tert-OH is 1. The first-order valence-electron chi connectivity index (χ1n) is 32.2. The van der Waals surface area contributed by atoms with Crippen LogP contribution in [0.3, 0.4) is 0 Å². The van der Waals surface area contributed by atoms with Crippen LogP contribution in [0.25, 0.3) is 0 Å². The van der Waals surface area contributed by atoms with Gasteiger partial charge in [0.05, 0.1) is 6.10 Å². The molecule has 0 aromatic carbocycles. The first-order chi connectivity index (χ1) is 41.7. The van der Waals surface area contributed by atoms with Crippen molar-refractivity contribution >= 4 is 76.7 Å². The molecular formula is C66H117N11O12S. The summed E-state index contributed by atoms with van der Waals surface area (Å²) in [4.78, 5) is 172. The third-order valence-corrected chi connectivity index (χ3v) is 17.9. The highest BCUT2D eigenvalue weighted by molar-refractivity contribution is 7.99. The standard InChI is InChI=1S/C66H117N11O12S/c1-26-29-30-43(16)55(78)54-59(82)69-46(28-3)61(84)75(23)51(36-90-31-27-2)64(87)71(19)48(33-38(6)7)58(81)70-52(41(12)13)65(88)72(20)47(32-37(4)5)57(80)67-44(17)56(79)68-45(18)60(83)73(21)49(34-39(8)9)62(85)74(22)50(35-40(10)11)63(86)76(24)53(42(14)15)66(89)77(54)25/h26-27,29,37-55,78H,2,28,30-36H2,1,3-25H3,(H,67,80)(H,68,79)(H,69,82)(H,70,81)/b29-26+/t43-,44+,45-,46+,47+,48+,49+,50+,51-,52+,53+,54+,55-/m1/s1. The third-order valence-electron chi connectivity index (χ3n) is 16.9. The second kappa shape index (κ2) is 38.1. The lowest BCUT2D eigenvalue weighted by Gasteiger charge is -2.41. The molecule has 0 aromatic rings. The van der Waals surface area contributed by atoms with Gasteiger partial charge in [0.2, 0.25) is 65.0 Å². The van der Waals surface area contributed by atoms with Crippen molar-refractivity contribution < 1.29 is 57.8 Å². The summed E-state index contributed by atoms with van der Waals surface area (Å²) in [5.41, 5.74) is 0. The number of allylic oxidation sites excluding steroid dienone is 2. The van der Waals surface area contributed by atoms with E-state index < -0.39 is 155 Å². The molecule has 1 fully saturated rings. The van der Waals surface area contributed by atoms with Gasteiger partial charge in [0.15, 0.2) is 0 Å². The maximum absolute atomic E-state index is 15.3. The molecule has 1 saturated heterocycles. The molecule has 11 amide bonds. The van der Waals surface area contributed by atoms with Crippen molar-refractivity contribution in [1.82, 2.24) is 55.6 Å². The molecule has 514 valence electrons. The lowest BCUT2D eigenvalue weighted by atomic mass is 9.91. The van der Waals surface area contributed by atoms with Crippen molar-refractivity contribution in [3.8, 4) is 0 Å². The van der Waals surface area contributed by atoms with Crippen LogP contribution in [0.15, 0.2) is 24.8 Å². The van der Waals surface area contributed by atoms with Gasteiger partial charge in [-0.15, -0.1) is 6.58 Å². The van der Waals surface area contributed by atoms with Crippen LogP contribution >= 0.6 is 11.8 Å². The SMILES string of the molecule is C=CCSC[C@@H]1C(=O)N(C)[C@@H](CC(C)C)C(=O)N[C@@H](C(C)C)C(=O)N(C)[C@@H](CC(C)C)C(=O)N[C@@H](C)C(=O)N[C@H](C)C(=O)N(C)[C@@H](CC(C)C)C(=O)N(C)[C@@H](CC(C)C)C(=O)N(C)[C@@H](C(C)C)C(=O)N(C)[C@@H]([C@H](O)[C@H](C)C/C=C/C)C(=O)N[C@@H](CC)C(=O)N1C. The van der Waals surface area contributed by atoms with Gasteiger partial charge in [-0.2, -0.15) is 11.8 Å². The van der Waals surface area contributed by atoms with Crippen molar-refractivity contribution in [2.75, 3.05) is 60.8 Å². The van der Waals surface area contributed by atoms with Crippen LogP contribution < -0.4 is 21.3 Å². The van der Waals surface area contributed by atoms with Gasteiger partial charge in [-0.3, -0.25) is 52.7 Å². The minimum atomic E-state index is -1.63. The van der Waals surface area contributed by atoms with Crippen molar-refractivity contribution in [2.24, 2.45) is 41.4 Å². The summed E-state index contributed by atoms with van der Waals surface area (Å²) in [6.45, 7) is 33.8. The Hall–Kier alpha value is -6.04. The van der Waals surface area contributed by atoms with Crippen LogP contribution in [-0.4, -0.2) is 238 Å². The number of hydrogen-bond donors (Lipinski definition) is 5. The fraction of sp³-hybridized carbons (Fsp3) is 0.773. The van der Waals surface area contributed by atoms with E-state index in [4.69, 9.17) is 0 Å². The highest BCUT2D eigenvalue weighted by Crippen LogP contribution is 2.26. The van der Waals surface area contributed by atoms with E-state index in [0.717, 1.165) is 4.90 Å². The highest BCUT2D eigenvalue weighted by atomic mass is 32.2. The summed E-state index contributed by atoms with van der Waals surface area (Å²) in [5.74, 6) is -9.41. The number of thioether (sulfide) groups is 1. The largest absolute Gasteiger partial charge is 0.390 e. The molecule has 23 nitrogen and oxygen atoms in total. The molecule has 0 unspecified atom stereocenters. The topological polar surface area (TPSA) is 279 Å². The average Bonchev–Trinajstić information content (AvgIpc) is 0.969. The normalized spacial score (nSPS) is 26.9. The Morgan fingerprint density at radius 1 is 0.467 bits per heavy atom. The first kappa shape index (κ1) is 82.0. The Morgan fingerprint density at radius 2 is 0.867 bits per heavy atom. The zero-order valence-electron chi connectivity index (χ0n) is 59.0. The number of aliphatic hydroxyl groups is 1. The average molecular weight is 1290 g/mol. The van der Waals surface area contributed by atoms with E-state index in [-0.39, 0.29) is 61.5 Å². The Morgan fingerprint density at radius 3 is 1.31 bits per heavy atom. The van der Waals surface area contributed by atoms with Gasteiger partial charge in [-0.25, -0.2) is 0 Å². The Labute approximate surface area is 543 Å². The Kier molecular flexibility index (Phi) is 34.7. The maximum Gasteiger partial charge on any atom is 0.246 e. The third kappa shape index (κ3) is 23.0. The summed E-state index contributed by atoms with van der Waals surface area (Å²) < 4.78 is 0. The van der Waals surface area contributed by atoms with E-state index in [1.807, 2.05) is 61.5 Å². The highest BCUT2D eigenvalue weighted by Gasteiger charge is 2.46. The number of likely N-dealkylation sites (N-methyl/N-ethyl adjacent to an activating group) is 7. The Balaban J connectivity index is 4.50. The van der Waals surface area contributed by atoms with E-state index in [1.54, 1.807) is 60.6 Å². The predicted molar refractivity (Wildman–Crippen MR) is 355 cm³/mol. The maximum atomic E-state index is 15.3. The van der Waals surface area contributed by atoms with E-state index in [0.29, 0.717) is 12.2 Å². The van der Waals surface area contributed by atoms with E-state index in [2.05, 4.69) is 27.8 Å². The van der Waals surface area contributed by atoms with Crippen LogP contribution in [0.5, 0.6) is 0 Å². The zero-order chi connectivity index (χ0) is 69.7. The number of carbonyl (C=O) groups excluding carboxylic acids is 11. The number of amides is 11. The number of carbonyl (C=O) groups is 11. The zero-order valence-corrected chi connectivity index (χ0v) is 59.9. The lowest BCUT2D eigenvalue weighted by Crippen LogP contribution is -2.64. The molecule has 1 heterocycles. The first-order valence-corrected chi connectivity index (χ1v) is 33.4. The molecule has 13 atom stereocenters. The minimum Gasteiger partial charge on any atom is -0.390 e. The van der Waals surface area contributed by atoms with Crippen LogP contribution in [0, 0.1) is 41.4 Å². The number of rotatable bonds is 19. The minimum absolute atomic E-state index is 0.00156. The quantitative estimate of drug-likeness (QED) is 0.0878. The molecule has 90 heavy (non-hydrogen) atoms. The molecule has 1 aliphatic rings. The van der Waals surface area contributed by atoms with Crippen LogP contribution in [0.2, 0.25) is 0 Å². The number of nitrogens with zero attached hydrogens (tertiary/aromatic N) is 7. The smallest absolute Gasteiger partial charge is 0.246 e. The van der Waals surface area contributed by atoms with Crippen LogP contribution in [-0.2, 0) is 52.7 Å². The van der Waals surface area contributed by atoms with Crippen molar-refractivity contribution in [1.29, 1.82) is 0 Å². The van der Waals surface area contributed by atoms with Gasteiger partial charge < -0.3 is 60.7 Å². The fourth-order valence-corrected chi connectivity index (χ4v) is 12.1. The predicted octanol–water partition coefficient (Wildman–Crippen LogP) is 4.56. The lowest BCUT2D eigenvalue weighted by molar-refractivity contribution is -0.157. The number of hydrogen-bond acceptors (Lipinski definition) is 13. The molecule has 1 aliphatic heterocycles. The molecular weight excluding hydrogens is 1170 g/mol. The summed E-state index contributed by atoms with van der Waals surface area (Å²) in [6, 6.07) is -13.8. The van der Waals surface area contributed by atoms with E-state index >= 15 is 24.0 Å². The van der Waals surface area contributed by atoms with Crippen molar-refractivity contribution in [3.63, 3.8) is 0 Å². The van der Waals surface area contributed by atoms with Gasteiger partial charge in [0.1, 0.15) is 66.5 Å². The molecule has 0 spiro atoms. The molecule has 0 radical (unpaired) electrons. The van der Waals surface area contributed by atoms with Crippen LogP contribution in [0.4, 0.5) is 0 Å². The van der Waals surface area contributed by atoms with Gasteiger partial charge in [-0.1, -0.05) is 115 Å². The second-order valence-corrected chi connectivity index (χ2v) is 28.2. The second-order valence-electron chi connectivity index (χ2n) is 27.1. The van der Waals surface area contributed by atoms with Crippen LogP contribution in [0.1, 0.15) is 156 Å². The molecule has 0 aromatic heterocycles. The van der Waals surface area contributed by atoms with E-state index in [9.17, 15) is 33.9 Å². The summed E-state index contributed by atoms with van der Waals surface area (Å²) in [6.07, 6.45) is 4.60. The monoisotopic (exact) mass is 1290 g/mol. The molecule has 0 saturated carbocycles. The molecule has 0 bridgehead atoms. The number of nitrogens with one attached hydrogen (secondary N) is 4. The molecule has 0 aliphatic carbocycles. The molecule has 1 rings (SSSR count). The van der Waals surface area contributed by atoms with Gasteiger partial charge in [0, 0.05) is 60.8 Å². The molecule has 5 N–H and O–H groups in total. The van der Waals surface area contributed by atoms with Gasteiger partial charge >= 0.3 is 0 Å². The Bertz CT molecular complexity index is 2470. The van der Waals surface area contributed by atoms with E-state index in [1.165, 1.54) is 104 Å². The van der Waals surface area contributed by atoms with Gasteiger partial charge in [-0.05, 0) is 101 Å². The van der Waals surface area contributed by atoms with Crippen molar-refractivity contribution in [3.05, 3.63) is 24.8 Å².